The van der Waals surface area contributed by atoms with Crippen LogP contribution in [0.25, 0.3) is 0 Å². The summed E-state index contributed by atoms with van der Waals surface area (Å²) in [5, 5.41) is 22.5. The van der Waals surface area contributed by atoms with Gasteiger partial charge in [-0.1, -0.05) is 6.08 Å². The van der Waals surface area contributed by atoms with E-state index in [1.165, 1.54) is 0 Å². The summed E-state index contributed by atoms with van der Waals surface area (Å²) < 4.78 is 0. The van der Waals surface area contributed by atoms with Gasteiger partial charge in [0.05, 0.1) is 6.54 Å². The van der Waals surface area contributed by atoms with Crippen LogP contribution in [0, 0.1) is 0 Å². The van der Waals surface area contributed by atoms with Crippen LogP contribution in [-0.2, 0) is 9.59 Å². The Kier molecular flexibility index (Phi) is 7.21. The first-order valence-electron chi connectivity index (χ1n) is 4.57. The molecule has 6 heteroatoms. The summed E-state index contributed by atoms with van der Waals surface area (Å²) in [5.74, 6) is -1.52. The van der Waals surface area contributed by atoms with E-state index in [-0.39, 0.29) is 25.4 Å². The van der Waals surface area contributed by atoms with Crippen LogP contribution in [0.1, 0.15) is 6.42 Å². The maximum absolute atomic E-state index is 11.0. The largest absolute Gasteiger partial charge is 0.479 e. The number of hydrogen-bond donors (Lipinski definition) is 4. The summed E-state index contributed by atoms with van der Waals surface area (Å²) in [6.45, 7) is 4.29. The maximum atomic E-state index is 11.0. The Labute approximate surface area is 88.0 Å². The number of carbonyl (C=O) groups is 2. The summed E-state index contributed by atoms with van der Waals surface area (Å²) in [7, 11) is 0. The van der Waals surface area contributed by atoms with Crippen molar-refractivity contribution in [3.63, 3.8) is 0 Å². The first-order chi connectivity index (χ1) is 7.07. The van der Waals surface area contributed by atoms with Gasteiger partial charge in [0.15, 0.2) is 6.10 Å². The number of carboxylic acids is 1. The lowest BCUT2D eigenvalue weighted by molar-refractivity contribution is -0.147. The van der Waals surface area contributed by atoms with E-state index in [0.29, 0.717) is 6.54 Å². The zero-order valence-electron chi connectivity index (χ0n) is 8.40. The van der Waals surface area contributed by atoms with Crippen molar-refractivity contribution in [2.45, 2.75) is 12.5 Å². The van der Waals surface area contributed by atoms with Crippen molar-refractivity contribution in [3.8, 4) is 0 Å². The standard InChI is InChI=1S/C9H16N2O4/c1-2-4-10-6-8(13)11-5-3-7(12)9(14)15/h2,7,10,12H,1,3-6H2,(H,11,13)(H,14,15). The van der Waals surface area contributed by atoms with E-state index in [4.69, 9.17) is 10.2 Å². The number of amides is 1. The normalized spacial score (nSPS) is 11.8. The van der Waals surface area contributed by atoms with E-state index >= 15 is 0 Å². The number of aliphatic carboxylic acids is 1. The molecular weight excluding hydrogens is 200 g/mol. The highest BCUT2D eigenvalue weighted by Crippen LogP contribution is 1.88. The molecule has 0 rings (SSSR count). The fourth-order valence-corrected chi connectivity index (χ4v) is 0.822. The van der Waals surface area contributed by atoms with E-state index in [2.05, 4.69) is 17.2 Å². The molecule has 0 aromatic rings. The SMILES string of the molecule is C=CCNCC(=O)NCCC(O)C(=O)O. The molecule has 0 spiro atoms. The third kappa shape index (κ3) is 7.65. The third-order valence-corrected chi connectivity index (χ3v) is 1.60. The van der Waals surface area contributed by atoms with Crippen molar-refractivity contribution in [1.29, 1.82) is 0 Å². The first kappa shape index (κ1) is 13.6. The van der Waals surface area contributed by atoms with Crippen LogP contribution in [0.3, 0.4) is 0 Å². The zero-order chi connectivity index (χ0) is 11.7. The second-order valence-electron chi connectivity index (χ2n) is 2.91. The number of carbonyl (C=O) groups excluding carboxylic acids is 1. The van der Waals surface area contributed by atoms with Gasteiger partial charge < -0.3 is 20.8 Å². The van der Waals surface area contributed by atoms with Gasteiger partial charge in [-0.2, -0.15) is 0 Å². The molecule has 0 bridgehead atoms. The molecule has 0 radical (unpaired) electrons. The topological polar surface area (TPSA) is 98.7 Å². The molecule has 1 atom stereocenters. The number of rotatable bonds is 8. The van der Waals surface area contributed by atoms with Gasteiger partial charge in [0.1, 0.15) is 0 Å². The third-order valence-electron chi connectivity index (χ3n) is 1.60. The van der Waals surface area contributed by atoms with Gasteiger partial charge >= 0.3 is 5.97 Å². The second-order valence-corrected chi connectivity index (χ2v) is 2.91. The zero-order valence-corrected chi connectivity index (χ0v) is 8.40. The lowest BCUT2D eigenvalue weighted by Gasteiger charge is -2.07. The highest BCUT2D eigenvalue weighted by atomic mass is 16.4. The molecule has 0 saturated carbocycles. The van der Waals surface area contributed by atoms with Gasteiger partial charge in [-0.15, -0.1) is 6.58 Å². The van der Waals surface area contributed by atoms with Crippen LogP contribution in [0.15, 0.2) is 12.7 Å². The first-order valence-corrected chi connectivity index (χ1v) is 4.57. The molecule has 0 aromatic carbocycles. The van der Waals surface area contributed by atoms with Crippen LogP contribution in [0.2, 0.25) is 0 Å². The molecule has 4 N–H and O–H groups in total. The second kappa shape index (κ2) is 7.95. The molecule has 0 aromatic heterocycles. The van der Waals surface area contributed by atoms with Crippen LogP contribution >= 0.6 is 0 Å². The van der Waals surface area contributed by atoms with Crippen molar-refractivity contribution in [2.24, 2.45) is 0 Å². The minimum Gasteiger partial charge on any atom is -0.479 e. The number of hydrogen-bond acceptors (Lipinski definition) is 4. The fourth-order valence-electron chi connectivity index (χ4n) is 0.822. The molecular formula is C9H16N2O4. The molecule has 6 nitrogen and oxygen atoms in total. The van der Waals surface area contributed by atoms with Gasteiger partial charge in [0.2, 0.25) is 5.91 Å². The summed E-state index contributed by atoms with van der Waals surface area (Å²) in [5.41, 5.74) is 0. The number of aliphatic hydroxyl groups excluding tert-OH is 1. The summed E-state index contributed by atoms with van der Waals surface area (Å²) in [4.78, 5) is 21.2. The van der Waals surface area contributed by atoms with Crippen molar-refractivity contribution in [2.75, 3.05) is 19.6 Å². The minimum atomic E-state index is -1.42. The Balaban J connectivity index is 3.46. The molecule has 0 aliphatic heterocycles. The highest BCUT2D eigenvalue weighted by Gasteiger charge is 2.12. The van der Waals surface area contributed by atoms with E-state index < -0.39 is 12.1 Å². The van der Waals surface area contributed by atoms with Gasteiger partial charge in [0.25, 0.3) is 0 Å². The van der Waals surface area contributed by atoms with Crippen LogP contribution < -0.4 is 10.6 Å². The average Bonchev–Trinajstić information content (AvgIpc) is 2.18. The van der Waals surface area contributed by atoms with Crippen LogP contribution in [0.5, 0.6) is 0 Å². The molecule has 0 saturated heterocycles. The predicted octanol–water partition coefficient (Wildman–Crippen LogP) is -1.29. The van der Waals surface area contributed by atoms with Gasteiger partial charge in [-0.05, 0) is 0 Å². The minimum absolute atomic E-state index is 0.00251. The van der Waals surface area contributed by atoms with Crippen molar-refractivity contribution in [1.82, 2.24) is 10.6 Å². The smallest absolute Gasteiger partial charge is 0.332 e. The highest BCUT2D eigenvalue weighted by molar-refractivity contribution is 5.78. The van der Waals surface area contributed by atoms with Crippen LogP contribution in [0.4, 0.5) is 0 Å². The Morgan fingerprint density at radius 1 is 1.47 bits per heavy atom. The summed E-state index contributed by atoms with van der Waals surface area (Å²) in [6.07, 6.45) is 0.204. The molecule has 0 heterocycles. The van der Waals surface area contributed by atoms with Gasteiger partial charge in [0, 0.05) is 19.5 Å². The Bertz CT molecular complexity index is 230. The van der Waals surface area contributed by atoms with Crippen LogP contribution in [-0.4, -0.2) is 47.8 Å². The number of nitrogens with one attached hydrogen (secondary N) is 2. The van der Waals surface area contributed by atoms with Gasteiger partial charge in [-0.25, -0.2) is 4.79 Å². The van der Waals surface area contributed by atoms with Gasteiger partial charge in [-0.3, -0.25) is 4.79 Å². The predicted molar refractivity (Wildman–Crippen MR) is 54.3 cm³/mol. The van der Waals surface area contributed by atoms with Crippen molar-refractivity contribution >= 4 is 11.9 Å². The molecule has 86 valence electrons. The molecule has 1 unspecified atom stereocenters. The Morgan fingerprint density at radius 3 is 2.67 bits per heavy atom. The van der Waals surface area contributed by atoms with E-state index in [1.54, 1.807) is 6.08 Å². The van der Waals surface area contributed by atoms with Crippen molar-refractivity contribution in [3.05, 3.63) is 12.7 Å². The van der Waals surface area contributed by atoms with E-state index in [1.807, 2.05) is 0 Å². The lowest BCUT2D eigenvalue weighted by atomic mass is 10.2. The van der Waals surface area contributed by atoms with E-state index in [0.717, 1.165) is 0 Å². The monoisotopic (exact) mass is 216 g/mol. The fraction of sp³-hybridized carbons (Fsp3) is 0.556. The summed E-state index contributed by atoms with van der Waals surface area (Å²) >= 11 is 0. The molecule has 0 aliphatic rings. The quantitative estimate of drug-likeness (QED) is 0.299. The molecule has 1 amide bonds. The Morgan fingerprint density at radius 2 is 2.13 bits per heavy atom. The summed E-state index contributed by atoms with van der Waals surface area (Å²) in [6, 6.07) is 0. The Hall–Kier alpha value is -1.40. The number of aliphatic hydroxyl groups is 1. The average molecular weight is 216 g/mol. The number of carboxylic acid groups (broad SMARTS) is 1. The van der Waals surface area contributed by atoms with E-state index in [9.17, 15) is 9.59 Å². The van der Waals surface area contributed by atoms with Crippen molar-refractivity contribution < 1.29 is 19.8 Å². The molecule has 0 aliphatic carbocycles. The lowest BCUT2D eigenvalue weighted by Crippen LogP contribution is -2.36. The maximum Gasteiger partial charge on any atom is 0.332 e. The molecule has 15 heavy (non-hydrogen) atoms. The molecule has 0 fully saturated rings.